The van der Waals surface area contributed by atoms with Crippen LogP contribution in [-0.4, -0.2) is 62.6 Å². The summed E-state index contributed by atoms with van der Waals surface area (Å²) in [5.74, 6) is -9.78. The van der Waals surface area contributed by atoms with Crippen LogP contribution in [0.3, 0.4) is 0 Å². The number of carboxylic acids is 1. The molecule has 270 valence electrons. The molecule has 0 unspecified atom stereocenters. The lowest BCUT2D eigenvalue weighted by Gasteiger charge is -2.50. The highest BCUT2D eigenvalue weighted by atomic mass is 19.4. The molecule has 7 rings (SSSR count). The van der Waals surface area contributed by atoms with Gasteiger partial charge in [-0.1, -0.05) is 59.7 Å². The Morgan fingerprint density at radius 3 is 2.35 bits per heavy atom. The maximum atomic E-state index is 15.1. The Kier molecular flexibility index (Phi) is 8.58. The molecule has 1 saturated carbocycles. The lowest BCUT2D eigenvalue weighted by Crippen LogP contribution is -2.53. The van der Waals surface area contributed by atoms with Crippen molar-refractivity contribution in [2.45, 2.75) is 50.3 Å². The van der Waals surface area contributed by atoms with Crippen molar-refractivity contribution in [2.75, 3.05) is 12.0 Å². The predicted octanol–water partition coefficient (Wildman–Crippen LogP) is 5.45. The molecule has 4 aliphatic rings. The average molecular weight is 718 g/mol. The van der Waals surface area contributed by atoms with E-state index in [0.29, 0.717) is 16.8 Å². The molecule has 0 spiro atoms. The molecule has 3 N–H and O–H groups in total. The molecular weight excluding hydrogens is 683 g/mol. The SMILES string of the molecule is Cc1ccc(NN2C(=O)[C@@H]3C[C@@H]4C(=CC[C@@H]5C(=O)N(CCCC(=O)O)C(=O)[C@@H]54)[C@H](c4cc(OC(F)(F)F)ccc4O)[C@]3(c3ccccc3)C2=O)cc1. The lowest BCUT2D eigenvalue weighted by molar-refractivity contribution is -0.274. The number of halogens is 3. The zero-order valence-corrected chi connectivity index (χ0v) is 27.8. The Labute approximate surface area is 295 Å². The van der Waals surface area contributed by atoms with Crippen LogP contribution < -0.4 is 10.2 Å². The van der Waals surface area contributed by atoms with Gasteiger partial charge in [0, 0.05) is 24.4 Å². The summed E-state index contributed by atoms with van der Waals surface area (Å²) < 4.78 is 44.8. The van der Waals surface area contributed by atoms with Crippen LogP contribution in [0.1, 0.15) is 48.3 Å². The van der Waals surface area contributed by atoms with Gasteiger partial charge in [0.1, 0.15) is 11.5 Å². The maximum Gasteiger partial charge on any atom is 0.573 e. The molecule has 2 saturated heterocycles. The van der Waals surface area contributed by atoms with E-state index in [2.05, 4.69) is 10.2 Å². The number of ether oxygens (including phenoxy) is 1. The first-order valence-corrected chi connectivity index (χ1v) is 16.8. The summed E-state index contributed by atoms with van der Waals surface area (Å²) in [6.45, 7) is 1.75. The summed E-state index contributed by atoms with van der Waals surface area (Å²) in [7, 11) is 0. The first kappa shape index (κ1) is 34.8. The molecule has 14 heteroatoms. The number of fused-ring (bicyclic) bond motifs is 4. The molecule has 6 atom stereocenters. The molecule has 11 nitrogen and oxygen atoms in total. The molecule has 0 radical (unpaired) electrons. The number of phenolic OH excluding ortho intramolecular Hbond substituents is 1. The van der Waals surface area contributed by atoms with E-state index in [0.717, 1.165) is 33.7 Å². The molecule has 52 heavy (non-hydrogen) atoms. The summed E-state index contributed by atoms with van der Waals surface area (Å²) in [5, 5.41) is 21.5. The van der Waals surface area contributed by atoms with Gasteiger partial charge in [0.15, 0.2) is 0 Å². The zero-order valence-electron chi connectivity index (χ0n) is 27.8. The molecule has 2 aliphatic carbocycles. The van der Waals surface area contributed by atoms with Crippen molar-refractivity contribution < 1.29 is 52.1 Å². The standard InChI is InChI=1S/C38H34F3N3O8/c1-20-9-11-22(12-10-20)42-44-34(49)28-19-26-24(14-15-25-31(26)35(50)43(33(25)48)17-5-8-30(46)47)32(37(28,36(44)51)21-6-3-2-4-7-21)27-18-23(13-16-29(27)45)52-38(39,40)41/h2-4,6-7,9-14,16,18,25-26,28,31-32,42,45H,5,8,15,17,19H2,1H3,(H,46,47)/t25-,26+,28-,31-,32+,37+/m0/s1. The lowest BCUT2D eigenvalue weighted by atomic mass is 9.49. The van der Waals surface area contributed by atoms with Crippen molar-refractivity contribution >= 4 is 35.3 Å². The van der Waals surface area contributed by atoms with Crippen LogP contribution in [0.15, 0.2) is 84.4 Å². The second-order valence-corrected chi connectivity index (χ2v) is 13.7. The van der Waals surface area contributed by atoms with Crippen molar-refractivity contribution in [3.63, 3.8) is 0 Å². The van der Waals surface area contributed by atoms with Gasteiger partial charge in [0.25, 0.3) is 11.8 Å². The van der Waals surface area contributed by atoms with E-state index >= 15 is 4.79 Å². The number of carboxylic acid groups (broad SMARTS) is 1. The number of aryl methyl sites for hydroxylation is 1. The number of carbonyl (C=O) groups excluding carboxylic acids is 4. The number of carbonyl (C=O) groups is 5. The Hall–Kier alpha value is -5.66. The molecule has 3 aromatic rings. The highest BCUT2D eigenvalue weighted by Gasteiger charge is 2.70. The van der Waals surface area contributed by atoms with Crippen molar-refractivity contribution in [1.82, 2.24) is 9.91 Å². The molecule has 2 aliphatic heterocycles. The van der Waals surface area contributed by atoms with E-state index in [9.17, 15) is 37.5 Å². The van der Waals surface area contributed by atoms with Crippen molar-refractivity contribution in [1.29, 1.82) is 0 Å². The summed E-state index contributed by atoms with van der Waals surface area (Å²) in [5.41, 5.74) is 3.11. The summed E-state index contributed by atoms with van der Waals surface area (Å²) in [4.78, 5) is 69.7. The molecule has 4 amide bonds. The van der Waals surface area contributed by atoms with Gasteiger partial charge in [-0.25, -0.2) is 0 Å². The third kappa shape index (κ3) is 5.66. The van der Waals surface area contributed by atoms with E-state index in [1.54, 1.807) is 60.7 Å². The van der Waals surface area contributed by atoms with Gasteiger partial charge < -0.3 is 14.9 Å². The van der Waals surface area contributed by atoms with Crippen LogP contribution in [0, 0.1) is 30.6 Å². The van der Waals surface area contributed by atoms with Gasteiger partial charge in [-0.2, -0.15) is 5.01 Å². The van der Waals surface area contributed by atoms with E-state index < -0.39 is 82.5 Å². The molecule has 3 aromatic carbocycles. The topological polar surface area (TPSA) is 154 Å². The van der Waals surface area contributed by atoms with Crippen molar-refractivity contribution in [3.05, 3.63) is 101 Å². The highest BCUT2D eigenvalue weighted by Crippen LogP contribution is 2.65. The number of rotatable bonds is 9. The Morgan fingerprint density at radius 1 is 0.962 bits per heavy atom. The third-order valence-corrected chi connectivity index (χ3v) is 10.8. The van der Waals surface area contributed by atoms with Crippen molar-refractivity contribution in [3.8, 4) is 11.5 Å². The quantitative estimate of drug-likeness (QED) is 0.194. The number of imide groups is 2. The van der Waals surface area contributed by atoms with Gasteiger partial charge in [-0.05, 0) is 68.0 Å². The number of anilines is 1. The molecular formula is C38H34F3N3O8. The largest absolute Gasteiger partial charge is 0.573 e. The first-order valence-electron chi connectivity index (χ1n) is 16.8. The summed E-state index contributed by atoms with van der Waals surface area (Å²) in [6.07, 6.45) is -3.65. The van der Waals surface area contributed by atoms with Crippen LogP contribution >= 0.6 is 0 Å². The average Bonchev–Trinajstić information content (AvgIpc) is 3.47. The van der Waals surface area contributed by atoms with Crippen molar-refractivity contribution in [2.24, 2.45) is 23.7 Å². The number of aromatic hydroxyl groups is 1. The van der Waals surface area contributed by atoms with Crippen LogP contribution in [0.5, 0.6) is 11.5 Å². The summed E-state index contributed by atoms with van der Waals surface area (Å²) in [6, 6.07) is 18.2. The summed E-state index contributed by atoms with van der Waals surface area (Å²) >= 11 is 0. The second-order valence-electron chi connectivity index (χ2n) is 13.7. The minimum Gasteiger partial charge on any atom is -0.508 e. The van der Waals surface area contributed by atoms with Gasteiger partial charge in [0.2, 0.25) is 11.8 Å². The van der Waals surface area contributed by atoms with E-state index in [4.69, 9.17) is 5.11 Å². The Balaban J connectivity index is 1.42. The fourth-order valence-corrected chi connectivity index (χ4v) is 8.73. The smallest absolute Gasteiger partial charge is 0.508 e. The number of nitrogens with zero attached hydrogens (tertiary/aromatic N) is 2. The number of hydrogen-bond donors (Lipinski definition) is 3. The highest BCUT2D eigenvalue weighted by molar-refractivity contribution is 6.13. The number of alkyl halides is 3. The number of likely N-dealkylation sites (tertiary alicyclic amines) is 1. The van der Waals surface area contributed by atoms with Crippen LogP contribution in [-0.2, 0) is 29.4 Å². The normalized spacial score (nSPS) is 26.8. The number of nitrogens with one attached hydrogen (secondary N) is 1. The molecule has 3 fully saturated rings. The minimum atomic E-state index is -5.09. The van der Waals surface area contributed by atoms with Crippen LogP contribution in [0.4, 0.5) is 18.9 Å². The number of hydrogen-bond acceptors (Lipinski definition) is 8. The minimum absolute atomic E-state index is 0.0338. The Bertz CT molecular complexity index is 2000. The predicted molar refractivity (Wildman–Crippen MR) is 177 cm³/mol. The number of hydrazine groups is 1. The second kappa shape index (κ2) is 12.8. The molecule has 0 aromatic heterocycles. The van der Waals surface area contributed by atoms with Gasteiger partial charge in [-0.3, -0.25) is 34.3 Å². The number of allylic oxidation sites excluding steroid dienone is 2. The van der Waals surface area contributed by atoms with Crippen LogP contribution in [0.2, 0.25) is 0 Å². The first-order chi connectivity index (χ1) is 24.7. The van der Waals surface area contributed by atoms with E-state index in [1.165, 1.54) is 0 Å². The number of phenols is 1. The fourth-order valence-electron chi connectivity index (χ4n) is 8.73. The van der Waals surface area contributed by atoms with E-state index in [1.807, 2.05) is 6.92 Å². The Morgan fingerprint density at radius 2 is 1.67 bits per heavy atom. The number of amides is 4. The maximum absolute atomic E-state index is 15.1. The van der Waals surface area contributed by atoms with Gasteiger partial charge in [-0.15, -0.1) is 13.2 Å². The van der Waals surface area contributed by atoms with Gasteiger partial charge in [0.05, 0.1) is 28.9 Å². The van der Waals surface area contributed by atoms with E-state index in [-0.39, 0.29) is 37.8 Å². The van der Waals surface area contributed by atoms with Crippen LogP contribution in [0.25, 0.3) is 0 Å². The third-order valence-electron chi connectivity index (χ3n) is 10.8. The molecule has 0 bridgehead atoms. The van der Waals surface area contributed by atoms with Gasteiger partial charge >= 0.3 is 12.3 Å². The fraction of sp³-hybridized carbons (Fsp3) is 0.342. The number of benzene rings is 3. The monoisotopic (exact) mass is 717 g/mol. The zero-order chi connectivity index (χ0) is 37.1. The number of aliphatic carboxylic acids is 1. The molecule has 2 heterocycles.